The summed E-state index contributed by atoms with van der Waals surface area (Å²) in [6, 6.07) is 6.47. The quantitative estimate of drug-likeness (QED) is 0.714. The van der Waals surface area contributed by atoms with E-state index in [0.717, 1.165) is 6.07 Å². The number of aliphatic hydroxyl groups excluding tert-OH is 1. The lowest BCUT2D eigenvalue weighted by atomic mass is 10.0. The molecule has 2 aromatic carbocycles. The molecule has 1 unspecified atom stereocenters. The van der Waals surface area contributed by atoms with Crippen molar-refractivity contribution in [3.8, 4) is 0 Å². The van der Waals surface area contributed by atoms with E-state index in [-0.39, 0.29) is 16.5 Å². The second-order valence-electron chi connectivity index (χ2n) is 4.26. The molecule has 106 valence electrons. The maximum atomic E-state index is 13.4. The lowest BCUT2D eigenvalue weighted by Gasteiger charge is -2.14. The van der Waals surface area contributed by atoms with E-state index in [1.165, 1.54) is 18.2 Å². The van der Waals surface area contributed by atoms with Crippen LogP contribution in [0, 0.1) is 17.5 Å². The Morgan fingerprint density at radius 3 is 2.40 bits per heavy atom. The Labute approximate surface area is 130 Å². The van der Waals surface area contributed by atoms with E-state index in [9.17, 15) is 18.3 Å². The molecule has 2 aromatic rings. The van der Waals surface area contributed by atoms with Gasteiger partial charge in [0.2, 0.25) is 0 Å². The summed E-state index contributed by atoms with van der Waals surface area (Å²) in [5, 5.41) is 10.1. The molecule has 1 N–H and O–H groups in total. The first-order valence-corrected chi connectivity index (χ1v) is 7.23. The fraction of sp³-hybridized carbons (Fsp3) is 0.143. The van der Waals surface area contributed by atoms with Crippen LogP contribution in [0.15, 0.2) is 39.3 Å². The zero-order chi connectivity index (χ0) is 14.9. The first-order valence-electron chi connectivity index (χ1n) is 5.65. The van der Waals surface area contributed by atoms with Gasteiger partial charge in [-0.25, -0.2) is 13.2 Å². The van der Waals surface area contributed by atoms with Crippen molar-refractivity contribution in [2.45, 2.75) is 12.5 Å². The van der Waals surface area contributed by atoms with Crippen molar-refractivity contribution in [2.75, 3.05) is 0 Å². The Balaban J connectivity index is 2.28. The Morgan fingerprint density at radius 1 is 1.05 bits per heavy atom. The summed E-state index contributed by atoms with van der Waals surface area (Å²) >= 11 is 6.07. The Hall–Kier alpha value is -0.850. The topological polar surface area (TPSA) is 20.2 Å². The molecule has 0 aromatic heterocycles. The first kappa shape index (κ1) is 15.5. The average Bonchev–Trinajstić information content (AvgIpc) is 2.34. The maximum Gasteiger partial charge on any atom is 0.173 e. The van der Waals surface area contributed by atoms with Gasteiger partial charge in [0.1, 0.15) is 5.82 Å². The Morgan fingerprint density at radius 2 is 1.75 bits per heavy atom. The van der Waals surface area contributed by atoms with Crippen LogP contribution in [0.3, 0.4) is 0 Å². The molecule has 6 heteroatoms. The summed E-state index contributed by atoms with van der Waals surface area (Å²) in [4.78, 5) is 0. The molecule has 0 aliphatic rings. The highest BCUT2D eigenvalue weighted by Gasteiger charge is 2.18. The van der Waals surface area contributed by atoms with Crippen molar-refractivity contribution in [1.82, 2.24) is 0 Å². The molecule has 0 aliphatic heterocycles. The number of hydrogen-bond donors (Lipinski definition) is 1. The van der Waals surface area contributed by atoms with E-state index in [2.05, 4.69) is 31.9 Å². The molecule has 0 bridgehead atoms. The highest BCUT2D eigenvalue weighted by atomic mass is 79.9. The molecule has 1 atom stereocenters. The smallest absolute Gasteiger partial charge is 0.173 e. The molecule has 0 fully saturated rings. The predicted octanol–water partition coefficient (Wildman–Crippen LogP) is 4.91. The molecule has 20 heavy (non-hydrogen) atoms. The first-order chi connectivity index (χ1) is 9.38. The van der Waals surface area contributed by atoms with Gasteiger partial charge in [0.25, 0.3) is 0 Å². The monoisotopic (exact) mass is 408 g/mol. The summed E-state index contributed by atoms with van der Waals surface area (Å²) in [6.07, 6.45) is -0.992. The number of hydrogen-bond acceptors (Lipinski definition) is 1. The summed E-state index contributed by atoms with van der Waals surface area (Å²) in [6.45, 7) is 0. The third kappa shape index (κ3) is 3.42. The van der Waals surface area contributed by atoms with Crippen molar-refractivity contribution in [1.29, 1.82) is 0 Å². The lowest BCUT2D eigenvalue weighted by molar-refractivity contribution is 0.177. The van der Waals surface area contributed by atoms with Gasteiger partial charge in [-0.15, -0.1) is 0 Å². The van der Waals surface area contributed by atoms with E-state index in [0.29, 0.717) is 10.0 Å². The molecule has 0 aliphatic carbocycles. The fourth-order valence-electron chi connectivity index (χ4n) is 1.86. The van der Waals surface area contributed by atoms with E-state index in [1.54, 1.807) is 6.07 Å². The molecule has 2 rings (SSSR count). The van der Waals surface area contributed by atoms with E-state index < -0.39 is 23.6 Å². The Bertz CT molecular complexity index is 626. The van der Waals surface area contributed by atoms with Crippen LogP contribution < -0.4 is 0 Å². The molecule has 0 saturated carbocycles. The van der Waals surface area contributed by atoms with Gasteiger partial charge in [0.15, 0.2) is 11.6 Å². The van der Waals surface area contributed by atoms with Crippen LogP contribution in [-0.4, -0.2) is 5.11 Å². The lowest BCUT2D eigenvalue weighted by Crippen LogP contribution is -2.05. The number of benzene rings is 2. The minimum atomic E-state index is -1.08. The van der Waals surface area contributed by atoms with Gasteiger partial charge in [-0.1, -0.05) is 22.0 Å². The van der Waals surface area contributed by atoms with Gasteiger partial charge in [0, 0.05) is 10.9 Å². The average molecular weight is 410 g/mol. The molecule has 0 amide bonds. The van der Waals surface area contributed by atoms with Crippen LogP contribution >= 0.6 is 31.9 Å². The molecular formula is C14H9Br2F3O. The summed E-state index contributed by atoms with van der Waals surface area (Å²) in [5.41, 5.74) is 0.755. The minimum absolute atomic E-state index is 0.0834. The van der Waals surface area contributed by atoms with Gasteiger partial charge < -0.3 is 5.11 Å². The van der Waals surface area contributed by atoms with Gasteiger partial charge in [-0.2, -0.15) is 0 Å². The standard InChI is InChI=1S/C14H9Br2F3O/c15-8-3-7(4-9(17)6-8)5-12(20)10-1-2-11(18)14(19)13(10)16/h1-4,6,12,20H,5H2. The molecule has 0 saturated heterocycles. The third-order valence-electron chi connectivity index (χ3n) is 2.78. The van der Waals surface area contributed by atoms with Crippen LogP contribution in [0.2, 0.25) is 0 Å². The SMILES string of the molecule is OC(Cc1cc(F)cc(Br)c1)c1ccc(F)c(F)c1Br. The van der Waals surface area contributed by atoms with E-state index >= 15 is 0 Å². The van der Waals surface area contributed by atoms with Crippen LogP contribution in [0.4, 0.5) is 13.2 Å². The van der Waals surface area contributed by atoms with Crippen LogP contribution in [0.5, 0.6) is 0 Å². The van der Waals surface area contributed by atoms with Gasteiger partial charge in [-0.3, -0.25) is 0 Å². The molecular weight excluding hydrogens is 401 g/mol. The zero-order valence-corrected chi connectivity index (χ0v) is 13.2. The van der Waals surface area contributed by atoms with E-state index in [1.807, 2.05) is 0 Å². The van der Waals surface area contributed by atoms with Crippen molar-refractivity contribution in [3.05, 3.63) is 67.9 Å². The molecule has 0 heterocycles. The second kappa shape index (κ2) is 6.28. The van der Waals surface area contributed by atoms with Gasteiger partial charge in [-0.05, 0) is 51.3 Å². The highest BCUT2D eigenvalue weighted by Crippen LogP contribution is 2.30. The van der Waals surface area contributed by atoms with Gasteiger partial charge in [0.05, 0.1) is 10.6 Å². The Kier molecular flexibility index (Phi) is 4.88. The van der Waals surface area contributed by atoms with Crippen LogP contribution in [0.25, 0.3) is 0 Å². The van der Waals surface area contributed by atoms with Crippen molar-refractivity contribution in [3.63, 3.8) is 0 Å². The number of rotatable bonds is 3. The van der Waals surface area contributed by atoms with Gasteiger partial charge >= 0.3 is 0 Å². The number of aliphatic hydroxyl groups is 1. The van der Waals surface area contributed by atoms with Crippen molar-refractivity contribution >= 4 is 31.9 Å². The van der Waals surface area contributed by atoms with E-state index in [4.69, 9.17) is 0 Å². The zero-order valence-electron chi connectivity index (χ0n) is 10.0. The molecule has 1 nitrogen and oxygen atoms in total. The van der Waals surface area contributed by atoms with Crippen LogP contribution in [-0.2, 0) is 6.42 Å². The number of halogens is 5. The largest absolute Gasteiger partial charge is 0.388 e. The summed E-state index contributed by atoms with van der Waals surface area (Å²) < 4.78 is 40.1. The van der Waals surface area contributed by atoms with Crippen molar-refractivity contribution in [2.24, 2.45) is 0 Å². The normalized spacial score (nSPS) is 12.5. The molecule has 0 spiro atoms. The van der Waals surface area contributed by atoms with Crippen LogP contribution in [0.1, 0.15) is 17.2 Å². The summed E-state index contributed by atoms with van der Waals surface area (Å²) in [7, 11) is 0. The summed E-state index contributed by atoms with van der Waals surface area (Å²) in [5.74, 6) is -2.49. The predicted molar refractivity (Wildman–Crippen MR) is 76.8 cm³/mol. The van der Waals surface area contributed by atoms with Crippen molar-refractivity contribution < 1.29 is 18.3 Å². The maximum absolute atomic E-state index is 13.4. The molecule has 0 radical (unpaired) electrons. The second-order valence-corrected chi connectivity index (χ2v) is 5.97. The minimum Gasteiger partial charge on any atom is -0.388 e. The fourth-order valence-corrected chi connectivity index (χ4v) is 2.96. The highest BCUT2D eigenvalue weighted by molar-refractivity contribution is 9.10. The third-order valence-corrected chi connectivity index (χ3v) is 4.04.